The summed E-state index contributed by atoms with van der Waals surface area (Å²) in [5.41, 5.74) is 11.0. The molecule has 0 aliphatic carbocycles. The Labute approximate surface area is 109 Å². The van der Waals surface area contributed by atoms with Crippen molar-refractivity contribution in [3.8, 4) is 0 Å². The average molecular weight is 245 g/mol. The summed E-state index contributed by atoms with van der Waals surface area (Å²) in [5, 5.41) is 1.19. The van der Waals surface area contributed by atoms with E-state index in [2.05, 4.69) is 53.7 Å². The highest BCUT2D eigenvalue weighted by Gasteiger charge is 2.26. The van der Waals surface area contributed by atoms with Crippen LogP contribution < -0.4 is 5.73 Å². The number of hydrogen-bond donors (Lipinski definition) is 1. The Morgan fingerprint density at radius 2 is 1.67 bits per heavy atom. The molecular formula is C16H23NO. The molecule has 0 bridgehead atoms. The maximum absolute atomic E-state index is 6.28. The van der Waals surface area contributed by atoms with Crippen molar-refractivity contribution in [1.82, 2.24) is 0 Å². The molecule has 0 saturated carbocycles. The average Bonchev–Trinajstić information content (AvgIpc) is 2.69. The van der Waals surface area contributed by atoms with Crippen molar-refractivity contribution in [2.24, 2.45) is 11.1 Å². The van der Waals surface area contributed by atoms with Crippen molar-refractivity contribution in [2.45, 2.75) is 47.6 Å². The highest BCUT2D eigenvalue weighted by Crippen LogP contribution is 2.36. The van der Waals surface area contributed by atoms with Gasteiger partial charge in [0.2, 0.25) is 0 Å². The third kappa shape index (κ3) is 2.05. The van der Waals surface area contributed by atoms with Crippen molar-refractivity contribution >= 4 is 11.0 Å². The van der Waals surface area contributed by atoms with Gasteiger partial charge in [-0.1, -0.05) is 26.8 Å². The molecule has 0 fully saturated rings. The van der Waals surface area contributed by atoms with Crippen LogP contribution in [0.4, 0.5) is 0 Å². The maximum Gasteiger partial charge on any atom is 0.137 e. The standard InChI is InChI=1S/C16H23NO/c1-9-7-10(2)12-8-13(15(17)16(4,5)6)18-14(12)11(9)3/h7-8,15H,17H2,1-6H3. The molecule has 18 heavy (non-hydrogen) atoms. The predicted octanol–water partition coefficient (Wildman–Crippen LogP) is 4.40. The van der Waals surface area contributed by atoms with Gasteiger partial charge in [-0.05, 0) is 48.9 Å². The largest absolute Gasteiger partial charge is 0.459 e. The van der Waals surface area contributed by atoms with Gasteiger partial charge in [-0.2, -0.15) is 0 Å². The van der Waals surface area contributed by atoms with Crippen LogP contribution in [0.3, 0.4) is 0 Å². The summed E-state index contributed by atoms with van der Waals surface area (Å²) < 4.78 is 6.02. The molecule has 0 saturated heterocycles. The van der Waals surface area contributed by atoms with Gasteiger partial charge < -0.3 is 10.2 Å². The summed E-state index contributed by atoms with van der Waals surface area (Å²) >= 11 is 0. The van der Waals surface area contributed by atoms with E-state index in [0.717, 1.165) is 11.3 Å². The van der Waals surface area contributed by atoms with Gasteiger partial charge in [0.15, 0.2) is 0 Å². The van der Waals surface area contributed by atoms with E-state index < -0.39 is 0 Å². The van der Waals surface area contributed by atoms with Crippen molar-refractivity contribution < 1.29 is 4.42 Å². The third-order valence-electron chi connectivity index (χ3n) is 3.78. The van der Waals surface area contributed by atoms with E-state index in [1.54, 1.807) is 0 Å². The first kappa shape index (κ1) is 13.2. The second kappa shape index (κ2) is 4.13. The smallest absolute Gasteiger partial charge is 0.137 e. The minimum absolute atomic E-state index is 0.00469. The normalized spacial score (nSPS) is 14.2. The minimum Gasteiger partial charge on any atom is -0.459 e. The summed E-state index contributed by atoms with van der Waals surface area (Å²) in [5.74, 6) is 0.884. The van der Waals surface area contributed by atoms with Crippen LogP contribution in [0.25, 0.3) is 11.0 Å². The number of aryl methyl sites for hydroxylation is 3. The van der Waals surface area contributed by atoms with E-state index in [-0.39, 0.29) is 11.5 Å². The van der Waals surface area contributed by atoms with Crippen LogP contribution >= 0.6 is 0 Å². The van der Waals surface area contributed by atoms with Gasteiger partial charge in [0.05, 0.1) is 6.04 Å². The summed E-state index contributed by atoms with van der Waals surface area (Å²) in [6, 6.07) is 4.23. The molecule has 0 radical (unpaired) electrons. The molecule has 98 valence electrons. The maximum atomic E-state index is 6.28. The molecule has 0 aliphatic heterocycles. The van der Waals surface area contributed by atoms with Crippen LogP contribution in [0.15, 0.2) is 16.5 Å². The first-order valence-corrected chi connectivity index (χ1v) is 6.47. The van der Waals surface area contributed by atoms with E-state index >= 15 is 0 Å². The van der Waals surface area contributed by atoms with Gasteiger partial charge in [-0.25, -0.2) is 0 Å². The number of fused-ring (bicyclic) bond motifs is 1. The van der Waals surface area contributed by atoms with Gasteiger partial charge >= 0.3 is 0 Å². The third-order valence-corrected chi connectivity index (χ3v) is 3.78. The lowest BCUT2D eigenvalue weighted by Crippen LogP contribution is -2.25. The Balaban J connectivity index is 2.64. The van der Waals surface area contributed by atoms with Gasteiger partial charge in [-0.15, -0.1) is 0 Å². The van der Waals surface area contributed by atoms with E-state index in [9.17, 15) is 0 Å². The first-order chi connectivity index (χ1) is 8.21. The summed E-state index contributed by atoms with van der Waals surface area (Å²) in [6.45, 7) is 12.7. The first-order valence-electron chi connectivity index (χ1n) is 6.47. The van der Waals surface area contributed by atoms with Crippen LogP contribution in [-0.4, -0.2) is 0 Å². The quantitative estimate of drug-likeness (QED) is 0.808. The van der Waals surface area contributed by atoms with Crippen LogP contribution in [0.2, 0.25) is 0 Å². The number of rotatable bonds is 1. The van der Waals surface area contributed by atoms with Gasteiger partial charge in [0, 0.05) is 5.39 Å². The molecule has 1 heterocycles. The summed E-state index contributed by atoms with van der Waals surface area (Å²) in [4.78, 5) is 0. The molecule has 1 atom stereocenters. The molecule has 2 aromatic rings. The molecule has 1 aromatic carbocycles. The molecule has 2 nitrogen and oxygen atoms in total. The topological polar surface area (TPSA) is 39.2 Å². The Hall–Kier alpha value is -1.28. The van der Waals surface area contributed by atoms with E-state index in [1.807, 2.05) is 0 Å². The lowest BCUT2D eigenvalue weighted by atomic mass is 9.86. The van der Waals surface area contributed by atoms with E-state index in [0.29, 0.717) is 0 Å². The number of benzene rings is 1. The molecule has 0 spiro atoms. The molecule has 0 amide bonds. The monoisotopic (exact) mass is 245 g/mol. The van der Waals surface area contributed by atoms with E-state index in [4.69, 9.17) is 10.2 Å². The van der Waals surface area contributed by atoms with Crippen LogP contribution in [-0.2, 0) is 0 Å². The predicted molar refractivity (Wildman–Crippen MR) is 76.8 cm³/mol. The minimum atomic E-state index is -0.0796. The van der Waals surface area contributed by atoms with Crippen molar-refractivity contribution in [3.63, 3.8) is 0 Å². The molecule has 1 unspecified atom stereocenters. The Kier molecular flexibility index (Phi) is 3.02. The highest BCUT2D eigenvalue weighted by molar-refractivity contribution is 5.85. The van der Waals surface area contributed by atoms with Crippen LogP contribution in [0.5, 0.6) is 0 Å². The molecule has 2 rings (SSSR count). The number of furan rings is 1. The zero-order chi connectivity index (χ0) is 13.7. The van der Waals surface area contributed by atoms with Crippen LogP contribution in [0, 0.1) is 26.2 Å². The zero-order valence-electron chi connectivity index (χ0n) is 12.2. The molecule has 0 aliphatic rings. The fourth-order valence-corrected chi connectivity index (χ4v) is 2.25. The number of hydrogen-bond acceptors (Lipinski definition) is 2. The summed E-state index contributed by atoms with van der Waals surface area (Å²) in [7, 11) is 0. The second-order valence-corrected chi connectivity index (χ2v) is 6.37. The lowest BCUT2D eigenvalue weighted by molar-refractivity contribution is 0.290. The van der Waals surface area contributed by atoms with Gasteiger partial charge in [0.25, 0.3) is 0 Å². The van der Waals surface area contributed by atoms with Gasteiger partial charge in [-0.3, -0.25) is 0 Å². The molecular weight excluding hydrogens is 222 g/mol. The Morgan fingerprint density at radius 3 is 2.22 bits per heavy atom. The van der Waals surface area contributed by atoms with Crippen LogP contribution in [0.1, 0.15) is 49.3 Å². The SMILES string of the molecule is Cc1cc(C)c2cc(C(N)C(C)(C)C)oc2c1C. The molecule has 2 N–H and O–H groups in total. The highest BCUT2D eigenvalue weighted by atomic mass is 16.3. The molecule has 2 heteroatoms. The van der Waals surface area contributed by atoms with Crippen molar-refractivity contribution in [1.29, 1.82) is 0 Å². The van der Waals surface area contributed by atoms with Crippen molar-refractivity contribution in [3.05, 3.63) is 34.6 Å². The second-order valence-electron chi connectivity index (χ2n) is 6.37. The number of nitrogens with two attached hydrogens (primary N) is 1. The zero-order valence-corrected chi connectivity index (χ0v) is 12.2. The van der Waals surface area contributed by atoms with E-state index in [1.165, 1.54) is 22.1 Å². The fourth-order valence-electron chi connectivity index (χ4n) is 2.25. The lowest BCUT2D eigenvalue weighted by Gasteiger charge is -2.24. The Bertz CT molecular complexity index is 587. The fraction of sp³-hybridized carbons (Fsp3) is 0.500. The van der Waals surface area contributed by atoms with Crippen molar-refractivity contribution in [2.75, 3.05) is 0 Å². The molecule has 1 aromatic heterocycles. The van der Waals surface area contributed by atoms with Gasteiger partial charge in [0.1, 0.15) is 11.3 Å². The Morgan fingerprint density at radius 1 is 1.06 bits per heavy atom. The summed E-state index contributed by atoms with van der Waals surface area (Å²) in [6.07, 6.45) is 0.